The molecule has 1 atom stereocenters. The van der Waals surface area contributed by atoms with E-state index in [1.165, 1.54) is 5.56 Å². The number of carbonyl (C=O) groups is 1. The monoisotopic (exact) mass is 401 g/mol. The molecule has 0 aliphatic carbocycles. The second-order valence-corrected chi connectivity index (χ2v) is 7.39. The van der Waals surface area contributed by atoms with E-state index in [1.807, 2.05) is 7.05 Å². The molecule has 26 heavy (non-hydrogen) atoms. The Morgan fingerprint density at radius 1 is 1.08 bits per heavy atom. The molecule has 148 valence electrons. The van der Waals surface area contributed by atoms with Gasteiger partial charge in [0.25, 0.3) is 0 Å². The number of nitrogens with zero attached hydrogens (tertiary/aromatic N) is 2. The van der Waals surface area contributed by atoms with Crippen LogP contribution in [0.2, 0.25) is 0 Å². The fourth-order valence-corrected chi connectivity index (χ4v) is 4.15. The largest absolute Gasteiger partial charge is 0.342 e. The molecular weight excluding hydrogens is 369 g/mol. The van der Waals surface area contributed by atoms with Crippen molar-refractivity contribution >= 4 is 30.7 Å². The molecule has 6 heteroatoms. The van der Waals surface area contributed by atoms with Crippen molar-refractivity contribution in [2.45, 2.75) is 32.2 Å². The second kappa shape index (κ2) is 11.8. The molecule has 0 radical (unpaired) electrons. The average molecular weight is 402 g/mol. The Morgan fingerprint density at radius 2 is 1.77 bits per heavy atom. The predicted octanol–water partition coefficient (Wildman–Crippen LogP) is 3.20. The van der Waals surface area contributed by atoms with Gasteiger partial charge in [-0.25, -0.2) is 0 Å². The summed E-state index contributed by atoms with van der Waals surface area (Å²) >= 11 is 0. The zero-order valence-corrected chi connectivity index (χ0v) is 17.4. The molecule has 2 aliphatic heterocycles. The highest BCUT2D eigenvalue weighted by atomic mass is 35.5. The van der Waals surface area contributed by atoms with Crippen molar-refractivity contribution < 1.29 is 4.79 Å². The summed E-state index contributed by atoms with van der Waals surface area (Å²) in [6.45, 7) is 5.97. The lowest BCUT2D eigenvalue weighted by atomic mass is 9.92. The number of hydrogen-bond acceptors (Lipinski definition) is 3. The van der Waals surface area contributed by atoms with Gasteiger partial charge in [0.1, 0.15) is 0 Å². The summed E-state index contributed by atoms with van der Waals surface area (Å²) < 4.78 is 0. The number of benzene rings is 1. The molecule has 1 aromatic carbocycles. The van der Waals surface area contributed by atoms with Crippen molar-refractivity contribution in [1.82, 2.24) is 15.1 Å². The summed E-state index contributed by atoms with van der Waals surface area (Å²) in [5, 5.41) is 3.26. The van der Waals surface area contributed by atoms with Crippen molar-refractivity contribution in [1.29, 1.82) is 0 Å². The van der Waals surface area contributed by atoms with E-state index in [0.717, 1.165) is 70.9 Å². The van der Waals surface area contributed by atoms with E-state index < -0.39 is 0 Å². The van der Waals surface area contributed by atoms with Gasteiger partial charge >= 0.3 is 0 Å². The van der Waals surface area contributed by atoms with Gasteiger partial charge in [0, 0.05) is 26.2 Å². The van der Waals surface area contributed by atoms with Gasteiger partial charge in [-0.1, -0.05) is 30.3 Å². The first kappa shape index (κ1) is 23.2. The van der Waals surface area contributed by atoms with Crippen LogP contribution in [0.25, 0.3) is 0 Å². The maximum absolute atomic E-state index is 12.9. The standard InChI is InChI=1S/C20H31N3O.2ClH/c1-21-14-17-9-12-23(13-10-17)20(24)19-8-5-11-22(16-19)15-18-6-3-2-4-7-18;;/h2-4,6-7,17,19,21H,5,8-16H2,1H3;2*1H. The number of rotatable bonds is 5. The third-order valence-corrected chi connectivity index (χ3v) is 5.52. The van der Waals surface area contributed by atoms with E-state index in [-0.39, 0.29) is 30.7 Å². The summed E-state index contributed by atoms with van der Waals surface area (Å²) in [6, 6.07) is 10.6. The van der Waals surface area contributed by atoms with Crippen LogP contribution >= 0.6 is 24.8 Å². The predicted molar refractivity (Wildman–Crippen MR) is 112 cm³/mol. The summed E-state index contributed by atoms with van der Waals surface area (Å²) in [5.74, 6) is 1.33. The molecule has 1 aromatic rings. The first-order valence-corrected chi connectivity index (χ1v) is 9.46. The second-order valence-electron chi connectivity index (χ2n) is 7.39. The van der Waals surface area contributed by atoms with Crippen molar-refractivity contribution in [2.24, 2.45) is 11.8 Å². The van der Waals surface area contributed by atoms with Crippen molar-refractivity contribution in [3.8, 4) is 0 Å². The van der Waals surface area contributed by atoms with E-state index in [0.29, 0.717) is 5.91 Å². The average Bonchev–Trinajstić information content (AvgIpc) is 2.63. The van der Waals surface area contributed by atoms with Crippen LogP contribution in [0.4, 0.5) is 0 Å². The minimum absolute atomic E-state index is 0. The molecule has 0 bridgehead atoms. The minimum Gasteiger partial charge on any atom is -0.342 e. The highest BCUT2D eigenvalue weighted by molar-refractivity contribution is 5.85. The summed E-state index contributed by atoms with van der Waals surface area (Å²) in [4.78, 5) is 17.5. The van der Waals surface area contributed by atoms with Crippen LogP contribution in [0.1, 0.15) is 31.2 Å². The number of carbonyl (C=O) groups excluding carboxylic acids is 1. The molecule has 4 nitrogen and oxygen atoms in total. The van der Waals surface area contributed by atoms with Gasteiger partial charge < -0.3 is 10.2 Å². The Kier molecular flexibility index (Phi) is 10.6. The van der Waals surface area contributed by atoms with Crippen LogP contribution in [0, 0.1) is 11.8 Å². The summed E-state index contributed by atoms with van der Waals surface area (Å²) in [6.07, 6.45) is 4.49. The Morgan fingerprint density at radius 3 is 2.42 bits per heavy atom. The fourth-order valence-electron chi connectivity index (χ4n) is 4.15. The third-order valence-electron chi connectivity index (χ3n) is 5.52. The highest BCUT2D eigenvalue weighted by Crippen LogP contribution is 2.24. The van der Waals surface area contributed by atoms with E-state index in [4.69, 9.17) is 0 Å². The first-order chi connectivity index (χ1) is 11.8. The Hall–Kier alpha value is -0.810. The molecule has 1 amide bonds. The Labute approximate surface area is 170 Å². The fraction of sp³-hybridized carbons (Fsp3) is 0.650. The molecule has 2 aliphatic rings. The number of hydrogen-bond donors (Lipinski definition) is 1. The van der Waals surface area contributed by atoms with Gasteiger partial charge in [-0.15, -0.1) is 24.8 Å². The number of nitrogens with one attached hydrogen (secondary N) is 1. The third kappa shape index (κ3) is 6.41. The number of halogens is 2. The molecule has 0 saturated carbocycles. The van der Waals surface area contributed by atoms with E-state index in [9.17, 15) is 4.79 Å². The van der Waals surface area contributed by atoms with E-state index in [1.54, 1.807) is 0 Å². The van der Waals surface area contributed by atoms with E-state index >= 15 is 0 Å². The topological polar surface area (TPSA) is 35.6 Å². The molecule has 2 fully saturated rings. The Balaban J connectivity index is 0.00000169. The van der Waals surface area contributed by atoms with Gasteiger partial charge in [0.2, 0.25) is 5.91 Å². The molecule has 2 heterocycles. The Bertz CT molecular complexity index is 521. The van der Waals surface area contributed by atoms with Gasteiger partial charge in [-0.3, -0.25) is 9.69 Å². The highest BCUT2D eigenvalue weighted by Gasteiger charge is 2.31. The SMILES string of the molecule is CNCC1CCN(C(=O)C2CCCN(Cc3ccccc3)C2)CC1.Cl.Cl. The molecule has 2 saturated heterocycles. The molecule has 3 rings (SSSR count). The summed E-state index contributed by atoms with van der Waals surface area (Å²) in [5.41, 5.74) is 1.35. The minimum atomic E-state index is 0. The zero-order chi connectivity index (χ0) is 16.8. The van der Waals surface area contributed by atoms with Crippen LogP contribution in [0.3, 0.4) is 0 Å². The van der Waals surface area contributed by atoms with Gasteiger partial charge in [-0.2, -0.15) is 0 Å². The molecule has 0 spiro atoms. The van der Waals surface area contributed by atoms with Crippen molar-refractivity contribution in [2.75, 3.05) is 39.8 Å². The maximum atomic E-state index is 12.9. The lowest BCUT2D eigenvalue weighted by Crippen LogP contribution is -2.47. The number of amides is 1. The van der Waals surface area contributed by atoms with Crippen molar-refractivity contribution in [3.63, 3.8) is 0 Å². The van der Waals surface area contributed by atoms with Crippen LogP contribution in [0.5, 0.6) is 0 Å². The van der Waals surface area contributed by atoms with Crippen LogP contribution in [-0.4, -0.2) is 55.5 Å². The number of piperidine rings is 2. The van der Waals surface area contributed by atoms with Gasteiger partial charge in [0.05, 0.1) is 5.92 Å². The van der Waals surface area contributed by atoms with Crippen molar-refractivity contribution in [3.05, 3.63) is 35.9 Å². The van der Waals surface area contributed by atoms with Gasteiger partial charge in [-0.05, 0) is 57.3 Å². The van der Waals surface area contributed by atoms with Crippen LogP contribution < -0.4 is 5.32 Å². The zero-order valence-electron chi connectivity index (χ0n) is 15.7. The maximum Gasteiger partial charge on any atom is 0.226 e. The van der Waals surface area contributed by atoms with Gasteiger partial charge in [0.15, 0.2) is 0 Å². The smallest absolute Gasteiger partial charge is 0.226 e. The lowest BCUT2D eigenvalue weighted by molar-refractivity contribution is -0.138. The van der Waals surface area contributed by atoms with Crippen LogP contribution in [-0.2, 0) is 11.3 Å². The normalized spacial score (nSPS) is 21.6. The number of likely N-dealkylation sites (tertiary alicyclic amines) is 2. The summed E-state index contributed by atoms with van der Waals surface area (Å²) in [7, 11) is 2.01. The van der Waals surface area contributed by atoms with E-state index in [2.05, 4.69) is 45.4 Å². The molecular formula is C20H33Cl2N3O. The quantitative estimate of drug-likeness (QED) is 0.822. The molecule has 1 unspecified atom stereocenters. The lowest BCUT2D eigenvalue weighted by Gasteiger charge is -2.38. The molecule has 0 aromatic heterocycles. The first-order valence-electron chi connectivity index (χ1n) is 9.46. The molecule has 1 N–H and O–H groups in total. The van der Waals surface area contributed by atoms with Crippen LogP contribution in [0.15, 0.2) is 30.3 Å².